The van der Waals surface area contributed by atoms with Gasteiger partial charge in [0.05, 0.1) is 6.61 Å². The molecule has 0 aromatic heterocycles. The molecule has 12 heteroatoms. The van der Waals surface area contributed by atoms with E-state index in [9.17, 15) is 19.8 Å². The van der Waals surface area contributed by atoms with Crippen molar-refractivity contribution in [3.05, 3.63) is 88.7 Å². The maximum absolute atomic E-state index is 12.0. The summed E-state index contributed by atoms with van der Waals surface area (Å²) in [5.41, 5.74) is 8.27. The Hall–Kier alpha value is -5.10. The number of carbonyl (C=O) groups is 2. The van der Waals surface area contributed by atoms with Crippen LogP contribution < -0.4 is 26.9 Å². The van der Waals surface area contributed by atoms with Crippen LogP contribution in [0.4, 0.5) is 10.5 Å². The van der Waals surface area contributed by atoms with Crippen LogP contribution in [-0.4, -0.2) is 54.0 Å². The molecular weight excluding hydrogens is 554 g/mol. The van der Waals surface area contributed by atoms with Gasteiger partial charge in [-0.1, -0.05) is 13.0 Å². The van der Waals surface area contributed by atoms with Crippen molar-refractivity contribution in [3.63, 3.8) is 0 Å². The van der Waals surface area contributed by atoms with Crippen LogP contribution in [0.2, 0.25) is 0 Å². The van der Waals surface area contributed by atoms with Crippen molar-refractivity contribution in [1.82, 2.24) is 10.3 Å². The molecule has 3 aromatic carbocycles. The molecule has 0 aliphatic carbocycles. The summed E-state index contributed by atoms with van der Waals surface area (Å²) in [4.78, 5) is 24.0. The number of alkyl carbamates (subject to hydrolysis) is 1. The standard InChI is InChI=1S/C31H37N5O7/c1-3-13-36(33)18-21(32)10-14-41-30(40)35-12-11-34-22-4-7-25(20(2)15-22)31(42-19-37)26-8-5-23(38)16-28(26)43-29-17-24(39)6-9-27(29)31/h4-9,15-19,34,38-39H,3,10-14,32-33H2,1-2H3,(H,35,40)/b21-18-. The number of ether oxygens (including phenoxy) is 3. The summed E-state index contributed by atoms with van der Waals surface area (Å²) in [7, 11) is 0. The molecule has 0 radical (unpaired) electrons. The molecule has 0 saturated carbocycles. The molecule has 8 N–H and O–H groups in total. The van der Waals surface area contributed by atoms with Gasteiger partial charge in [-0.3, -0.25) is 4.79 Å². The number of fused-ring (bicyclic) bond motifs is 2. The third-order valence-corrected chi connectivity index (χ3v) is 6.90. The fourth-order valence-corrected chi connectivity index (χ4v) is 5.04. The lowest BCUT2D eigenvalue weighted by molar-refractivity contribution is -0.137. The number of nitrogens with one attached hydrogen (secondary N) is 2. The van der Waals surface area contributed by atoms with Crippen molar-refractivity contribution < 1.29 is 34.0 Å². The highest BCUT2D eigenvalue weighted by molar-refractivity contribution is 5.68. The molecule has 1 aliphatic heterocycles. The fraction of sp³-hybridized carbons (Fsp3) is 0.290. The Balaban J connectivity index is 1.43. The molecule has 4 rings (SSSR count). The van der Waals surface area contributed by atoms with Crippen LogP contribution in [0, 0.1) is 6.92 Å². The number of hydrazine groups is 1. The van der Waals surface area contributed by atoms with Crippen LogP contribution >= 0.6 is 0 Å². The van der Waals surface area contributed by atoms with Gasteiger partial charge < -0.3 is 45.8 Å². The quantitative estimate of drug-likeness (QED) is 0.0734. The summed E-state index contributed by atoms with van der Waals surface area (Å²) >= 11 is 0. The first-order chi connectivity index (χ1) is 20.7. The van der Waals surface area contributed by atoms with Gasteiger partial charge in [0.25, 0.3) is 6.47 Å². The molecule has 43 heavy (non-hydrogen) atoms. The van der Waals surface area contributed by atoms with Gasteiger partial charge in [0.2, 0.25) is 0 Å². The van der Waals surface area contributed by atoms with Crippen LogP contribution in [0.25, 0.3) is 0 Å². The largest absolute Gasteiger partial charge is 0.508 e. The number of carbonyl (C=O) groups excluding carboxylic acids is 2. The molecule has 0 spiro atoms. The van der Waals surface area contributed by atoms with Crippen molar-refractivity contribution >= 4 is 18.3 Å². The molecule has 1 aliphatic rings. The van der Waals surface area contributed by atoms with E-state index in [1.165, 1.54) is 29.3 Å². The van der Waals surface area contributed by atoms with Gasteiger partial charge in [0.15, 0.2) is 5.60 Å². The Bertz CT molecular complexity index is 1440. The lowest BCUT2D eigenvalue weighted by Gasteiger charge is -2.39. The van der Waals surface area contributed by atoms with E-state index in [4.69, 9.17) is 25.8 Å². The molecule has 12 nitrogen and oxygen atoms in total. The van der Waals surface area contributed by atoms with E-state index >= 15 is 0 Å². The highest BCUT2D eigenvalue weighted by Gasteiger charge is 2.47. The fourth-order valence-electron chi connectivity index (χ4n) is 5.04. The number of nitrogens with two attached hydrogens (primary N) is 2. The van der Waals surface area contributed by atoms with E-state index in [0.717, 1.165) is 17.7 Å². The number of anilines is 1. The Morgan fingerprint density at radius 3 is 2.28 bits per heavy atom. The van der Waals surface area contributed by atoms with Crippen LogP contribution in [0.1, 0.15) is 42.0 Å². The molecule has 0 atom stereocenters. The Morgan fingerprint density at radius 1 is 1.02 bits per heavy atom. The van der Waals surface area contributed by atoms with Crippen molar-refractivity contribution in [2.75, 3.05) is 31.6 Å². The SMILES string of the molecule is CCCN(N)/C=C(\N)CCOC(=O)NCCNc1ccc(C2(OC=O)c3ccc(O)cc3Oc3cc(O)ccc32)c(C)c1. The first-order valence-electron chi connectivity index (χ1n) is 13.9. The van der Waals surface area contributed by atoms with Crippen LogP contribution in [0.15, 0.2) is 66.5 Å². The summed E-state index contributed by atoms with van der Waals surface area (Å²) in [6, 6.07) is 14.7. The minimum absolute atomic E-state index is 0.0255. The molecular formula is C31H37N5O7. The molecule has 3 aromatic rings. The maximum Gasteiger partial charge on any atom is 0.407 e. The maximum atomic E-state index is 12.0. The number of aromatic hydroxyl groups is 2. The van der Waals surface area contributed by atoms with E-state index in [0.29, 0.717) is 54.9 Å². The second-order valence-electron chi connectivity index (χ2n) is 10.1. The number of benzene rings is 3. The van der Waals surface area contributed by atoms with Crippen LogP contribution in [0.3, 0.4) is 0 Å². The molecule has 0 fully saturated rings. The number of phenols is 2. The van der Waals surface area contributed by atoms with Crippen LogP contribution in [0.5, 0.6) is 23.0 Å². The van der Waals surface area contributed by atoms with Gasteiger partial charge in [-0.25, -0.2) is 10.6 Å². The molecule has 0 bridgehead atoms. The number of hydrogen-bond donors (Lipinski definition) is 6. The molecule has 228 valence electrons. The zero-order chi connectivity index (χ0) is 31.0. The predicted molar refractivity (Wildman–Crippen MR) is 160 cm³/mol. The number of hydrogen-bond acceptors (Lipinski definition) is 11. The molecule has 1 amide bonds. The van der Waals surface area contributed by atoms with Gasteiger partial charge in [-0.2, -0.15) is 0 Å². The summed E-state index contributed by atoms with van der Waals surface area (Å²) < 4.78 is 17.0. The van der Waals surface area contributed by atoms with E-state index in [1.807, 2.05) is 32.0 Å². The van der Waals surface area contributed by atoms with Crippen molar-refractivity contribution in [2.24, 2.45) is 11.6 Å². The summed E-state index contributed by atoms with van der Waals surface area (Å²) in [5, 5.41) is 27.7. The normalized spacial score (nSPS) is 13.1. The van der Waals surface area contributed by atoms with E-state index in [-0.39, 0.29) is 29.6 Å². The second-order valence-corrected chi connectivity index (χ2v) is 10.1. The zero-order valence-corrected chi connectivity index (χ0v) is 24.1. The average Bonchev–Trinajstić information content (AvgIpc) is 2.95. The van der Waals surface area contributed by atoms with E-state index in [2.05, 4.69) is 10.6 Å². The first kappa shape index (κ1) is 30.8. The topological polar surface area (TPSA) is 182 Å². The summed E-state index contributed by atoms with van der Waals surface area (Å²) in [5.74, 6) is 6.30. The van der Waals surface area contributed by atoms with Crippen molar-refractivity contribution in [2.45, 2.75) is 32.3 Å². The number of rotatable bonds is 13. The van der Waals surface area contributed by atoms with Gasteiger partial charge in [-0.15, -0.1) is 0 Å². The number of amides is 1. The minimum atomic E-state index is -1.41. The van der Waals surface area contributed by atoms with Crippen molar-refractivity contribution in [1.29, 1.82) is 0 Å². The van der Waals surface area contributed by atoms with Gasteiger partial charge in [-0.05, 0) is 55.3 Å². The number of aryl methyl sites for hydroxylation is 1. The van der Waals surface area contributed by atoms with Crippen molar-refractivity contribution in [3.8, 4) is 23.0 Å². The first-order valence-corrected chi connectivity index (χ1v) is 13.9. The third kappa shape index (κ3) is 7.04. The monoisotopic (exact) mass is 591 g/mol. The molecule has 0 unspecified atom stereocenters. The van der Waals surface area contributed by atoms with Gasteiger partial charge in [0.1, 0.15) is 23.0 Å². The molecule has 1 heterocycles. The zero-order valence-electron chi connectivity index (χ0n) is 24.1. The summed E-state index contributed by atoms with van der Waals surface area (Å²) in [6.45, 7) is 5.80. The Kier molecular flexibility index (Phi) is 9.83. The predicted octanol–water partition coefficient (Wildman–Crippen LogP) is 3.89. The lowest BCUT2D eigenvalue weighted by Crippen LogP contribution is -2.36. The smallest absolute Gasteiger partial charge is 0.407 e. The number of phenolic OH excluding ortho intramolecular Hbond substituents is 2. The molecule has 0 saturated heterocycles. The Morgan fingerprint density at radius 2 is 1.67 bits per heavy atom. The highest BCUT2D eigenvalue weighted by Crippen LogP contribution is 2.54. The van der Waals surface area contributed by atoms with Gasteiger partial charge >= 0.3 is 6.09 Å². The average molecular weight is 592 g/mol. The Labute approximate surface area is 249 Å². The van der Waals surface area contributed by atoms with Crippen LogP contribution in [-0.2, 0) is 19.9 Å². The van der Waals surface area contributed by atoms with E-state index in [1.54, 1.807) is 18.3 Å². The number of nitrogens with zero attached hydrogens (tertiary/aromatic N) is 1. The summed E-state index contributed by atoms with van der Waals surface area (Å²) in [6.07, 6.45) is 2.33. The third-order valence-electron chi connectivity index (χ3n) is 6.90. The highest BCUT2D eigenvalue weighted by atomic mass is 16.6. The lowest BCUT2D eigenvalue weighted by atomic mass is 9.76. The minimum Gasteiger partial charge on any atom is -0.508 e. The van der Waals surface area contributed by atoms with E-state index < -0.39 is 11.7 Å². The van der Waals surface area contributed by atoms with Gasteiger partial charge in [0, 0.05) is 72.5 Å². The second kappa shape index (κ2) is 13.7.